The molecule has 6 heteroatoms. The van der Waals surface area contributed by atoms with Gasteiger partial charge < -0.3 is 20.5 Å². The molecule has 3 N–H and O–H groups in total. The molecule has 24 heavy (non-hydrogen) atoms. The number of carboxylic acid groups (broad SMARTS) is 1. The van der Waals surface area contributed by atoms with Crippen LogP contribution < -0.4 is 10.6 Å². The maximum atomic E-state index is 12.2. The number of carbonyl (C=O) groups is 2. The Balaban J connectivity index is 1.86. The molecule has 1 aliphatic rings. The van der Waals surface area contributed by atoms with Crippen molar-refractivity contribution in [2.24, 2.45) is 0 Å². The lowest BCUT2D eigenvalue weighted by Crippen LogP contribution is -2.48. The van der Waals surface area contributed by atoms with Gasteiger partial charge in [0.1, 0.15) is 0 Å². The standard InChI is InChI=1S/C18H26N2O4/c1-18(10-5-11-24-18)13-19-17(23)20-15(8-9-16(21)22)12-14-6-3-2-4-7-14/h2-4,6-7,15H,5,8-13H2,1H3,(H,21,22)(H2,19,20,23). The first-order chi connectivity index (χ1) is 11.5. The predicted octanol–water partition coefficient (Wildman–Crippen LogP) is 2.33. The Labute approximate surface area is 142 Å². The Morgan fingerprint density at radius 1 is 1.33 bits per heavy atom. The second kappa shape index (κ2) is 8.68. The largest absolute Gasteiger partial charge is 0.481 e. The van der Waals surface area contributed by atoms with Gasteiger partial charge in [-0.2, -0.15) is 0 Å². The van der Waals surface area contributed by atoms with Crippen molar-refractivity contribution in [1.82, 2.24) is 10.6 Å². The Morgan fingerprint density at radius 2 is 2.08 bits per heavy atom. The third-order valence-corrected chi connectivity index (χ3v) is 4.29. The number of nitrogens with one attached hydrogen (secondary N) is 2. The van der Waals surface area contributed by atoms with Gasteiger partial charge in [-0.15, -0.1) is 0 Å². The summed E-state index contributed by atoms with van der Waals surface area (Å²) in [6.45, 7) is 3.18. The zero-order valence-corrected chi connectivity index (χ0v) is 14.1. The molecule has 0 aliphatic carbocycles. The average Bonchev–Trinajstić information content (AvgIpc) is 2.99. The van der Waals surface area contributed by atoms with Crippen LogP contribution in [0.25, 0.3) is 0 Å². The van der Waals surface area contributed by atoms with Gasteiger partial charge in [-0.3, -0.25) is 4.79 Å². The van der Waals surface area contributed by atoms with Crippen molar-refractivity contribution < 1.29 is 19.4 Å². The second-order valence-electron chi connectivity index (χ2n) is 6.55. The smallest absolute Gasteiger partial charge is 0.315 e. The summed E-state index contributed by atoms with van der Waals surface area (Å²) < 4.78 is 5.65. The van der Waals surface area contributed by atoms with E-state index in [0.29, 0.717) is 19.4 Å². The summed E-state index contributed by atoms with van der Waals surface area (Å²) in [5, 5.41) is 14.6. The van der Waals surface area contributed by atoms with Gasteiger partial charge in [0.2, 0.25) is 0 Å². The molecule has 1 aromatic rings. The third-order valence-electron chi connectivity index (χ3n) is 4.29. The number of ether oxygens (including phenoxy) is 1. The number of hydrogen-bond donors (Lipinski definition) is 3. The lowest BCUT2D eigenvalue weighted by Gasteiger charge is -2.25. The Bertz CT molecular complexity index is 541. The number of rotatable bonds is 8. The number of aliphatic carboxylic acids is 1. The number of carbonyl (C=O) groups excluding carboxylic acids is 1. The van der Waals surface area contributed by atoms with Gasteiger partial charge in [-0.25, -0.2) is 4.79 Å². The normalized spacial score (nSPS) is 21.2. The fraction of sp³-hybridized carbons (Fsp3) is 0.556. The van der Waals surface area contributed by atoms with Gasteiger partial charge in [0.05, 0.1) is 5.60 Å². The molecule has 0 saturated carbocycles. The molecule has 1 aromatic carbocycles. The van der Waals surface area contributed by atoms with Gasteiger partial charge in [-0.1, -0.05) is 30.3 Å². The van der Waals surface area contributed by atoms with Crippen LogP contribution in [0.3, 0.4) is 0 Å². The SMILES string of the molecule is CC1(CNC(=O)NC(CCC(=O)O)Cc2ccccc2)CCCO1. The highest BCUT2D eigenvalue weighted by Crippen LogP contribution is 2.23. The van der Waals surface area contributed by atoms with E-state index in [0.717, 1.165) is 25.0 Å². The fourth-order valence-corrected chi connectivity index (χ4v) is 2.90. The minimum atomic E-state index is -0.859. The molecule has 2 unspecified atom stereocenters. The number of amides is 2. The molecule has 6 nitrogen and oxygen atoms in total. The second-order valence-corrected chi connectivity index (χ2v) is 6.55. The van der Waals surface area contributed by atoms with Gasteiger partial charge >= 0.3 is 12.0 Å². The zero-order chi connectivity index (χ0) is 17.4. The number of urea groups is 1. The van der Waals surface area contributed by atoms with Crippen LogP contribution in [-0.2, 0) is 16.0 Å². The van der Waals surface area contributed by atoms with Crippen LogP contribution in [0.15, 0.2) is 30.3 Å². The molecule has 0 aromatic heterocycles. The molecule has 1 saturated heterocycles. The van der Waals surface area contributed by atoms with Gasteiger partial charge in [0.15, 0.2) is 0 Å². The summed E-state index contributed by atoms with van der Waals surface area (Å²) in [5.74, 6) is -0.859. The average molecular weight is 334 g/mol. The van der Waals surface area contributed by atoms with E-state index in [-0.39, 0.29) is 24.1 Å². The summed E-state index contributed by atoms with van der Waals surface area (Å²) >= 11 is 0. The molecule has 2 amide bonds. The molecule has 1 fully saturated rings. The van der Waals surface area contributed by atoms with Gasteiger partial charge in [0.25, 0.3) is 0 Å². The van der Waals surface area contributed by atoms with E-state index in [4.69, 9.17) is 9.84 Å². The van der Waals surface area contributed by atoms with E-state index in [1.54, 1.807) is 0 Å². The van der Waals surface area contributed by atoms with E-state index < -0.39 is 5.97 Å². The summed E-state index contributed by atoms with van der Waals surface area (Å²) in [6.07, 6.45) is 2.97. The van der Waals surface area contributed by atoms with Crippen molar-refractivity contribution >= 4 is 12.0 Å². The Hall–Kier alpha value is -2.08. The minimum Gasteiger partial charge on any atom is -0.481 e. The molecular weight excluding hydrogens is 308 g/mol. The highest BCUT2D eigenvalue weighted by molar-refractivity contribution is 5.74. The zero-order valence-electron chi connectivity index (χ0n) is 14.1. The lowest BCUT2D eigenvalue weighted by molar-refractivity contribution is -0.137. The molecule has 2 atom stereocenters. The molecular formula is C18H26N2O4. The van der Waals surface area contributed by atoms with E-state index in [2.05, 4.69) is 10.6 Å². The lowest BCUT2D eigenvalue weighted by atomic mass is 10.0. The summed E-state index contributed by atoms with van der Waals surface area (Å²) in [6, 6.07) is 9.24. The number of benzene rings is 1. The first-order valence-corrected chi connectivity index (χ1v) is 8.41. The van der Waals surface area contributed by atoms with Gasteiger partial charge in [-0.05, 0) is 38.2 Å². The van der Waals surface area contributed by atoms with Crippen LogP contribution in [0.2, 0.25) is 0 Å². The molecule has 2 rings (SSSR count). The molecule has 1 aliphatic heterocycles. The van der Waals surface area contributed by atoms with E-state index >= 15 is 0 Å². The maximum Gasteiger partial charge on any atom is 0.315 e. The molecule has 0 bridgehead atoms. The van der Waals surface area contributed by atoms with Crippen molar-refractivity contribution in [2.45, 2.75) is 50.7 Å². The molecule has 1 heterocycles. The van der Waals surface area contributed by atoms with Crippen LogP contribution in [0.5, 0.6) is 0 Å². The van der Waals surface area contributed by atoms with Crippen LogP contribution >= 0.6 is 0 Å². The highest BCUT2D eigenvalue weighted by Gasteiger charge is 2.30. The van der Waals surface area contributed by atoms with Crippen molar-refractivity contribution in [1.29, 1.82) is 0 Å². The number of carboxylic acids is 1. The van der Waals surface area contributed by atoms with Crippen molar-refractivity contribution in [2.75, 3.05) is 13.2 Å². The molecule has 0 spiro atoms. The summed E-state index contributed by atoms with van der Waals surface area (Å²) in [5.41, 5.74) is 0.770. The van der Waals surface area contributed by atoms with Crippen molar-refractivity contribution in [3.8, 4) is 0 Å². The van der Waals surface area contributed by atoms with Crippen molar-refractivity contribution in [3.63, 3.8) is 0 Å². The van der Waals surface area contributed by atoms with E-state index in [1.165, 1.54) is 0 Å². The fourth-order valence-electron chi connectivity index (χ4n) is 2.90. The Morgan fingerprint density at radius 3 is 2.71 bits per heavy atom. The summed E-state index contributed by atoms with van der Waals surface area (Å²) in [4.78, 5) is 23.0. The van der Waals surface area contributed by atoms with E-state index in [1.807, 2.05) is 37.3 Å². The topological polar surface area (TPSA) is 87.7 Å². The first kappa shape index (κ1) is 18.3. The van der Waals surface area contributed by atoms with Crippen LogP contribution in [0, 0.1) is 0 Å². The van der Waals surface area contributed by atoms with E-state index in [9.17, 15) is 9.59 Å². The minimum absolute atomic E-state index is 0.0264. The molecule has 132 valence electrons. The predicted molar refractivity (Wildman–Crippen MR) is 90.9 cm³/mol. The van der Waals surface area contributed by atoms with Gasteiger partial charge in [0, 0.05) is 25.6 Å². The third kappa shape index (κ3) is 6.20. The van der Waals surface area contributed by atoms with Crippen molar-refractivity contribution in [3.05, 3.63) is 35.9 Å². The number of hydrogen-bond acceptors (Lipinski definition) is 3. The quantitative estimate of drug-likeness (QED) is 0.681. The van der Waals surface area contributed by atoms with Crippen LogP contribution in [0.4, 0.5) is 4.79 Å². The molecule has 0 radical (unpaired) electrons. The maximum absolute atomic E-state index is 12.2. The first-order valence-electron chi connectivity index (χ1n) is 8.41. The van der Waals surface area contributed by atoms with Crippen LogP contribution in [-0.4, -0.2) is 41.9 Å². The monoisotopic (exact) mass is 334 g/mol. The Kier molecular flexibility index (Phi) is 6.61. The van der Waals surface area contributed by atoms with Crippen LogP contribution in [0.1, 0.15) is 38.2 Å². The highest BCUT2D eigenvalue weighted by atomic mass is 16.5. The summed E-state index contributed by atoms with van der Waals surface area (Å²) in [7, 11) is 0.